The van der Waals surface area contributed by atoms with E-state index in [0.29, 0.717) is 0 Å². The first-order chi connectivity index (χ1) is 9.69. The van der Waals surface area contributed by atoms with Crippen LogP contribution in [0.4, 0.5) is 0 Å². The molecule has 0 bridgehead atoms. The third-order valence-electron chi connectivity index (χ3n) is 3.99. The molecule has 0 atom stereocenters. The SMILES string of the molecule is CCCCC1=CC[C-]=C1C.CCCCC1=CC[C-]=C1C.[Zr+2]. The second-order valence-corrected chi connectivity index (χ2v) is 5.68. The fourth-order valence-corrected chi connectivity index (χ4v) is 2.50. The van der Waals surface area contributed by atoms with Crippen LogP contribution >= 0.6 is 0 Å². The van der Waals surface area contributed by atoms with Crippen molar-refractivity contribution in [2.24, 2.45) is 0 Å². The zero-order valence-corrected chi connectivity index (χ0v) is 16.8. The molecular weight excluding hydrogens is 331 g/mol. The normalized spacial score (nSPS) is 16.2. The molecule has 114 valence electrons. The molecule has 0 aromatic heterocycles. The van der Waals surface area contributed by atoms with E-state index in [1.807, 2.05) is 0 Å². The Morgan fingerprint density at radius 1 is 0.810 bits per heavy atom. The Bertz CT molecular complexity index is 368. The molecule has 0 aromatic carbocycles. The topological polar surface area (TPSA) is 0 Å². The van der Waals surface area contributed by atoms with Crippen LogP contribution in [0.25, 0.3) is 0 Å². The van der Waals surface area contributed by atoms with Gasteiger partial charge in [0.05, 0.1) is 0 Å². The Morgan fingerprint density at radius 2 is 1.19 bits per heavy atom. The Hall–Kier alpha value is -0.157. The number of unbranched alkanes of at least 4 members (excludes halogenated alkanes) is 2. The first-order valence-electron chi connectivity index (χ1n) is 8.22. The first-order valence-corrected chi connectivity index (χ1v) is 8.22. The summed E-state index contributed by atoms with van der Waals surface area (Å²) in [5.74, 6) is 0. The van der Waals surface area contributed by atoms with Crippen LogP contribution in [0, 0.1) is 12.2 Å². The van der Waals surface area contributed by atoms with Crippen LogP contribution in [0.2, 0.25) is 0 Å². The number of hydrogen-bond acceptors (Lipinski definition) is 0. The van der Waals surface area contributed by atoms with Gasteiger partial charge < -0.3 is 0 Å². The molecule has 0 aliphatic heterocycles. The summed E-state index contributed by atoms with van der Waals surface area (Å²) in [5.41, 5.74) is 5.82. The van der Waals surface area contributed by atoms with Crippen molar-refractivity contribution in [1.29, 1.82) is 0 Å². The van der Waals surface area contributed by atoms with Gasteiger partial charge in [-0.05, 0) is 0 Å². The summed E-state index contributed by atoms with van der Waals surface area (Å²) in [5, 5.41) is 0. The largest absolute Gasteiger partial charge is 2.00 e. The van der Waals surface area contributed by atoms with E-state index in [-0.39, 0.29) is 26.2 Å². The standard InChI is InChI=1S/2C10H15.Zr/c2*1-3-4-7-10-8-5-6-9(10)2;/h2*8H,3-5,7H2,1-2H3;/q2*-1;+2. The van der Waals surface area contributed by atoms with Crippen LogP contribution in [-0.2, 0) is 26.2 Å². The second-order valence-electron chi connectivity index (χ2n) is 5.68. The van der Waals surface area contributed by atoms with Crippen LogP contribution in [0.15, 0.2) is 34.4 Å². The zero-order valence-electron chi connectivity index (χ0n) is 14.3. The van der Waals surface area contributed by atoms with Gasteiger partial charge in [0.2, 0.25) is 0 Å². The molecule has 0 heterocycles. The quantitative estimate of drug-likeness (QED) is 0.473. The van der Waals surface area contributed by atoms with Gasteiger partial charge in [-0.15, -0.1) is 12.8 Å². The summed E-state index contributed by atoms with van der Waals surface area (Å²) in [7, 11) is 0. The molecule has 0 unspecified atom stereocenters. The minimum Gasteiger partial charge on any atom is -0.269 e. The molecule has 0 spiro atoms. The Labute approximate surface area is 151 Å². The maximum Gasteiger partial charge on any atom is 2.00 e. The summed E-state index contributed by atoms with van der Waals surface area (Å²) in [6.07, 6.45) is 21.1. The minimum atomic E-state index is 0. The van der Waals surface area contributed by atoms with Crippen molar-refractivity contribution in [3.63, 3.8) is 0 Å². The van der Waals surface area contributed by atoms with Crippen molar-refractivity contribution in [1.82, 2.24) is 0 Å². The average Bonchev–Trinajstić information content (AvgIpc) is 3.04. The molecule has 0 nitrogen and oxygen atoms in total. The van der Waals surface area contributed by atoms with Crippen molar-refractivity contribution < 1.29 is 26.2 Å². The van der Waals surface area contributed by atoms with Gasteiger partial charge in [-0.1, -0.05) is 66.2 Å². The zero-order chi connectivity index (χ0) is 14.8. The monoisotopic (exact) mass is 360 g/mol. The Balaban J connectivity index is 0.000000364. The van der Waals surface area contributed by atoms with Crippen molar-refractivity contribution in [3.05, 3.63) is 46.6 Å². The van der Waals surface area contributed by atoms with Gasteiger partial charge in [-0.25, -0.2) is 11.1 Å². The third-order valence-corrected chi connectivity index (χ3v) is 3.99. The fourth-order valence-electron chi connectivity index (χ4n) is 2.50. The second kappa shape index (κ2) is 12.4. The van der Waals surface area contributed by atoms with Crippen molar-refractivity contribution in [2.75, 3.05) is 0 Å². The van der Waals surface area contributed by atoms with E-state index < -0.39 is 0 Å². The minimum absolute atomic E-state index is 0. The maximum absolute atomic E-state index is 3.30. The van der Waals surface area contributed by atoms with E-state index in [1.54, 1.807) is 0 Å². The molecule has 21 heavy (non-hydrogen) atoms. The van der Waals surface area contributed by atoms with Crippen molar-refractivity contribution in [2.45, 2.75) is 79.1 Å². The van der Waals surface area contributed by atoms with Crippen molar-refractivity contribution in [3.8, 4) is 0 Å². The first kappa shape index (κ1) is 20.8. The van der Waals surface area contributed by atoms with Gasteiger partial charge in [-0.2, -0.15) is 23.3 Å². The third kappa shape index (κ3) is 8.15. The van der Waals surface area contributed by atoms with Gasteiger partial charge in [0, 0.05) is 0 Å². The van der Waals surface area contributed by atoms with E-state index >= 15 is 0 Å². The van der Waals surface area contributed by atoms with Gasteiger partial charge in [0.15, 0.2) is 0 Å². The van der Waals surface area contributed by atoms with Crippen LogP contribution in [0.3, 0.4) is 0 Å². The summed E-state index contributed by atoms with van der Waals surface area (Å²) in [6, 6.07) is 0. The van der Waals surface area contributed by atoms with Gasteiger partial charge in [0.25, 0.3) is 0 Å². The van der Waals surface area contributed by atoms with Gasteiger partial charge >= 0.3 is 26.2 Å². The van der Waals surface area contributed by atoms with Gasteiger partial charge in [-0.3, -0.25) is 12.2 Å². The molecular formula is C20H30Zr. The van der Waals surface area contributed by atoms with Crippen LogP contribution < -0.4 is 0 Å². The van der Waals surface area contributed by atoms with E-state index in [2.05, 4.69) is 52.0 Å². The molecule has 0 fully saturated rings. The predicted molar refractivity (Wildman–Crippen MR) is 89.3 cm³/mol. The number of rotatable bonds is 6. The van der Waals surface area contributed by atoms with E-state index in [4.69, 9.17) is 0 Å². The van der Waals surface area contributed by atoms with E-state index in [1.165, 1.54) is 60.8 Å². The molecule has 2 aliphatic carbocycles. The molecule has 0 amide bonds. The van der Waals surface area contributed by atoms with Crippen LogP contribution in [0.1, 0.15) is 79.1 Å². The smallest absolute Gasteiger partial charge is 0.269 e. The van der Waals surface area contributed by atoms with Crippen LogP contribution in [-0.4, -0.2) is 0 Å². The maximum atomic E-state index is 3.30. The predicted octanol–water partition coefficient (Wildman–Crippen LogP) is 6.51. The summed E-state index contributed by atoms with van der Waals surface area (Å²) < 4.78 is 0. The molecule has 0 saturated heterocycles. The molecule has 2 aliphatic rings. The average molecular weight is 362 g/mol. The van der Waals surface area contributed by atoms with Crippen molar-refractivity contribution >= 4 is 0 Å². The number of allylic oxidation sites excluding steroid dienone is 8. The van der Waals surface area contributed by atoms with Gasteiger partial charge in [0.1, 0.15) is 0 Å². The molecule has 0 N–H and O–H groups in total. The summed E-state index contributed by atoms with van der Waals surface area (Å²) in [4.78, 5) is 0. The summed E-state index contributed by atoms with van der Waals surface area (Å²) >= 11 is 0. The van der Waals surface area contributed by atoms with E-state index in [9.17, 15) is 0 Å². The van der Waals surface area contributed by atoms with Crippen LogP contribution in [0.5, 0.6) is 0 Å². The number of hydrogen-bond donors (Lipinski definition) is 0. The Kier molecular flexibility index (Phi) is 12.3. The molecule has 0 saturated carbocycles. The fraction of sp³-hybridized carbons (Fsp3) is 0.600. The molecule has 0 radical (unpaired) electrons. The molecule has 0 aromatic rings. The summed E-state index contributed by atoms with van der Waals surface area (Å²) in [6.45, 7) is 8.79. The Morgan fingerprint density at radius 3 is 1.43 bits per heavy atom. The molecule has 1 heteroatoms. The molecule has 2 rings (SSSR count). The van der Waals surface area contributed by atoms with E-state index in [0.717, 1.165) is 12.8 Å².